The van der Waals surface area contributed by atoms with Crippen LogP contribution >= 0.6 is 15.9 Å². The van der Waals surface area contributed by atoms with Crippen molar-refractivity contribution in [2.24, 2.45) is 0 Å². The summed E-state index contributed by atoms with van der Waals surface area (Å²) in [6, 6.07) is 7.09. The maximum atomic E-state index is 13.0. The number of hydrogen-bond donors (Lipinski definition) is 2. The van der Waals surface area contributed by atoms with Crippen LogP contribution in [0.4, 0.5) is 0 Å². The number of hydroxylamine groups is 1. The third kappa shape index (κ3) is 4.01. The number of piperidine rings is 1. The zero-order valence-corrected chi connectivity index (χ0v) is 16.7. The lowest BCUT2D eigenvalue weighted by Gasteiger charge is -2.37. The fourth-order valence-corrected chi connectivity index (χ4v) is 5.48. The maximum Gasteiger partial charge on any atom is 0.283 e. The molecule has 26 heavy (non-hydrogen) atoms. The van der Waals surface area contributed by atoms with Crippen LogP contribution in [0.2, 0.25) is 0 Å². The average molecular weight is 444 g/mol. The molecular weight excluding hydrogens is 422 g/mol. The van der Waals surface area contributed by atoms with E-state index in [1.54, 1.807) is 5.48 Å². The predicted octanol–water partition coefficient (Wildman–Crippen LogP) is 2.14. The van der Waals surface area contributed by atoms with Crippen molar-refractivity contribution in [3.63, 3.8) is 0 Å². The Morgan fingerprint density at radius 2 is 1.92 bits per heavy atom. The summed E-state index contributed by atoms with van der Waals surface area (Å²) in [5, 5.41) is 8.91. The number of carbonyl (C=O) groups is 1. The van der Waals surface area contributed by atoms with Crippen molar-refractivity contribution in [1.82, 2.24) is 14.1 Å². The summed E-state index contributed by atoms with van der Waals surface area (Å²) < 4.78 is 29.7. The topological polar surface area (TPSA) is 90.0 Å². The highest BCUT2D eigenvalue weighted by Crippen LogP contribution is 2.28. The van der Waals surface area contributed by atoms with E-state index in [4.69, 9.17) is 5.21 Å². The highest BCUT2D eigenvalue weighted by Gasteiger charge is 2.40. The quantitative estimate of drug-likeness (QED) is 0.550. The molecule has 0 bridgehead atoms. The minimum absolute atomic E-state index is 0.275. The summed E-state index contributed by atoms with van der Waals surface area (Å²) in [7, 11) is -3.76. The van der Waals surface area contributed by atoms with Gasteiger partial charge in [-0.05, 0) is 42.5 Å². The molecule has 2 aliphatic heterocycles. The van der Waals surface area contributed by atoms with E-state index in [0.717, 1.165) is 22.0 Å². The molecule has 0 unspecified atom stereocenters. The van der Waals surface area contributed by atoms with E-state index in [0.29, 0.717) is 32.4 Å². The Labute approximate surface area is 161 Å². The molecule has 7 nitrogen and oxygen atoms in total. The standard InChI is InChI=1S/C17H22BrN3O4S/c18-15-6-4-13(5-7-15)14-8-11-20(12-9-14)26(24,25)21-10-2-1-3-16(21)17(22)19-23/h4-8,16,23H,1-3,9-12H2,(H,19,22)/t16-/m1/s1. The van der Waals surface area contributed by atoms with E-state index in [1.165, 1.54) is 8.61 Å². The van der Waals surface area contributed by atoms with Crippen LogP contribution < -0.4 is 5.48 Å². The molecule has 0 saturated carbocycles. The molecule has 1 saturated heterocycles. The third-order valence-electron chi connectivity index (χ3n) is 4.88. The van der Waals surface area contributed by atoms with E-state index < -0.39 is 22.2 Å². The van der Waals surface area contributed by atoms with Gasteiger partial charge in [0.25, 0.3) is 16.1 Å². The number of nitrogens with one attached hydrogen (secondary N) is 1. The predicted molar refractivity (Wildman–Crippen MR) is 102 cm³/mol. The molecule has 1 fully saturated rings. The molecule has 2 N–H and O–H groups in total. The molecular formula is C17H22BrN3O4S. The first-order valence-corrected chi connectivity index (χ1v) is 10.8. The number of rotatable bonds is 4. The molecule has 2 aliphatic rings. The van der Waals surface area contributed by atoms with Crippen molar-refractivity contribution in [2.75, 3.05) is 19.6 Å². The minimum atomic E-state index is -3.76. The van der Waals surface area contributed by atoms with Crippen LogP contribution in [-0.4, -0.2) is 53.8 Å². The van der Waals surface area contributed by atoms with Gasteiger partial charge in [0.05, 0.1) is 0 Å². The summed E-state index contributed by atoms with van der Waals surface area (Å²) >= 11 is 3.41. The lowest BCUT2D eigenvalue weighted by Crippen LogP contribution is -2.56. The largest absolute Gasteiger partial charge is 0.289 e. The Bertz CT molecular complexity index is 795. The SMILES string of the molecule is O=C(NO)[C@H]1CCCCN1S(=O)(=O)N1CC=C(c2ccc(Br)cc2)CC1. The number of hydrogen-bond acceptors (Lipinski definition) is 4. The van der Waals surface area contributed by atoms with Crippen molar-refractivity contribution in [2.45, 2.75) is 31.7 Å². The lowest BCUT2D eigenvalue weighted by atomic mass is 10.0. The first kappa shape index (κ1) is 19.5. The molecule has 0 spiro atoms. The molecule has 9 heteroatoms. The second kappa shape index (κ2) is 8.18. The van der Waals surface area contributed by atoms with Gasteiger partial charge < -0.3 is 0 Å². The molecule has 3 rings (SSSR count). The van der Waals surface area contributed by atoms with Gasteiger partial charge in [0, 0.05) is 24.1 Å². The van der Waals surface area contributed by atoms with Gasteiger partial charge in [0.15, 0.2) is 0 Å². The number of carbonyl (C=O) groups excluding carboxylic acids is 1. The summed E-state index contributed by atoms with van der Waals surface area (Å²) in [5.41, 5.74) is 3.80. The summed E-state index contributed by atoms with van der Waals surface area (Å²) in [4.78, 5) is 11.9. The van der Waals surface area contributed by atoms with Crippen molar-refractivity contribution in [1.29, 1.82) is 0 Å². The van der Waals surface area contributed by atoms with Gasteiger partial charge in [0.1, 0.15) is 6.04 Å². The first-order chi connectivity index (χ1) is 12.4. The van der Waals surface area contributed by atoms with Gasteiger partial charge in [-0.3, -0.25) is 10.0 Å². The Hall–Kier alpha value is -1.26. The van der Waals surface area contributed by atoms with Crippen LogP contribution in [0.15, 0.2) is 34.8 Å². The third-order valence-corrected chi connectivity index (χ3v) is 7.42. The van der Waals surface area contributed by atoms with Crippen molar-refractivity contribution in [3.05, 3.63) is 40.4 Å². The summed E-state index contributed by atoms with van der Waals surface area (Å²) in [6.07, 6.45) is 4.43. The van der Waals surface area contributed by atoms with Crippen LogP contribution in [-0.2, 0) is 15.0 Å². The molecule has 0 aromatic heterocycles. The highest BCUT2D eigenvalue weighted by atomic mass is 79.9. The Kier molecular flexibility index (Phi) is 6.13. The summed E-state index contributed by atoms with van der Waals surface area (Å²) in [6.45, 7) is 0.937. The maximum absolute atomic E-state index is 13.0. The van der Waals surface area contributed by atoms with Crippen LogP contribution in [0.5, 0.6) is 0 Å². The van der Waals surface area contributed by atoms with Crippen LogP contribution in [0, 0.1) is 0 Å². The summed E-state index contributed by atoms with van der Waals surface area (Å²) in [5.74, 6) is -0.670. The van der Waals surface area contributed by atoms with Crippen molar-refractivity contribution >= 4 is 37.6 Å². The number of nitrogens with zero attached hydrogens (tertiary/aromatic N) is 2. The zero-order chi connectivity index (χ0) is 18.7. The Balaban J connectivity index is 1.76. The second-order valence-corrected chi connectivity index (χ2v) is 9.25. The molecule has 142 valence electrons. The van der Waals surface area contributed by atoms with E-state index in [2.05, 4.69) is 15.9 Å². The van der Waals surface area contributed by atoms with Gasteiger partial charge in [-0.15, -0.1) is 0 Å². The molecule has 1 aromatic rings. The van der Waals surface area contributed by atoms with E-state index in [1.807, 2.05) is 30.3 Å². The van der Waals surface area contributed by atoms with Gasteiger partial charge in [-0.1, -0.05) is 40.6 Å². The molecule has 1 amide bonds. The number of halogens is 1. The fourth-order valence-electron chi connectivity index (χ4n) is 3.45. The Morgan fingerprint density at radius 1 is 1.19 bits per heavy atom. The molecule has 2 heterocycles. The number of amides is 1. The molecule has 1 atom stereocenters. The Morgan fingerprint density at radius 3 is 2.54 bits per heavy atom. The minimum Gasteiger partial charge on any atom is -0.289 e. The fraction of sp³-hybridized carbons (Fsp3) is 0.471. The van der Waals surface area contributed by atoms with Gasteiger partial charge in [-0.2, -0.15) is 17.0 Å². The molecule has 1 aromatic carbocycles. The highest BCUT2D eigenvalue weighted by molar-refractivity contribution is 9.10. The van der Waals surface area contributed by atoms with Gasteiger partial charge in [0.2, 0.25) is 0 Å². The van der Waals surface area contributed by atoms with Gasteiger partial charge >= 0.3 is 0 Å². The normalized spacial score (nSPS) is 22.7. The van der Waals surface area contributed by atoms with E-state index in [9.17, 15) is 13.2 Å². The lowest BCUT2D eigenvalue weighted by molar-refractivity contribution is -0.134. The number of benzene rings is 1. The average Bonchev–Trinajstić information content (AvgIpc) is 2.68. The monoisotopic (exact) mass is 443 g/mol. The van der Waals surface area contributed by atoms with Crippen molar-refractivity contribution in [3.8, 4) is 0 Å². The smallest absolute Gasteiger partial charge is 0.283 e. The van der Waals surface area contributed by atoms with E-state index in [-0.39, 0.29) is 6.54 Å². The molecule has 0 aliphatic carbocycles. The van der Waals surface area contributed by atoms with E-state index >= 15 is 0 Å². The first-order valence-electron chi connectivity index (χ1n) is 8.59. The van der Waals surface area contributed by atoms with Crippen LogP contribution in [0.25, 0.3) is 5.57 Å². The van der Waals surface area contributed by atoms with Gasteiger partial charge in [-0.25, -0.2) is 5.48 Å². The second-order valence-electron chi connectivity index (χ2n) is 6.45. The molecule has 0 radical (unpaired) electrons. The van der Waals surface area contributed by atoms with Crippen LogP contribution in [0.3, 0.4) is 0 Å². The van der Waals surface area contributed by atoms with Crippen LogP contribution in [0.1, 0.15) is 31.2 Å². The zero-order valence-electron chi connectivity index (χ0n) is 14.3. The van der Waals surface area contributed by atoms with Crippen molar-refractivity contribution < 1.29 is 18.4 Å².